The van der Waals surface area contributed by atoms with E-state index in [4.69, 9.17) is 4.74 Å². The molecule has 31 heavy (non-hydrogen) atoms. The van der Waals surface area contributed by atoms with Gasteiger partial charge in [0.15, 0.2) is 0 Å². The topological polar surface area (TPSA) is 69.4 Å². The molecule has 0 bridgehead atoms. The van der Waals surface area contributed by atoms with Crippen molar-refractivity contribution in [3.63, 3.8) is 0 Å². The van der Waals surface area contributed by atoms with Crippen LogP contribution in [0.25, 0.3) is 10.8 Å². The molecule has 0 aliphatic carbocycles. The van der Waals surface area contributed by atoms with E-state index in [9.17, 15) is 9.59 Å². The number of ether oxygens (including phenoxy) is 1. The van der Waals surface area contributed by atoms with Crippen LogP contribution in [0.4, 0.5) is 0 Å². The summed E-state index contributed by atoms with van der Waals surface area (Å²) >= 11 is 0. The first-order chi connectivity index (χ1) is 14.9. The Morgan fingerprint density at radius 1 is 1.23 bits per heavy atom. The number of hydrogen-bond donors (Lipinski definition) is 0. The smallest absolute Gasteiger partial charge is 0.345 e. The molecule has 1 aliphatic heterocycles. The summed E-state index contributed by atoms with van der Waals surface area (Å²) in [7, 11) is 1.68. The molecule has 2 aromatic carbocycles. The highest BCUT2D eigenvalue weighted by Crippen LogP contribution is 2.32. The summed E-state index contributed by atoms with van der Waals surface area (Å²) in [5.74, 6) is 1.38. The first-order valence-corrected chi connectivity index (χ1v) is 11.0. The van der Waals surface area contributed by atoms with E-state index in [0.29, 0.717) is 31.0 Å². The second kappa shape index (κ2) is 8.57. The predicted octanol–water partition coefficient (Wildman–Crippen LogP) is 3.73. The highest BCUT2D eigenvalue weighted by atomic mass is 16.5. The lowest BCUT2D eigenvalue weighted by Crippen LogP contribution is -2.40. The van der Waals surface area contributed by atoms with Crippen molar-refractivity contribution >= 4 is 16.7 Å². The molecule has 1 atom stereocenters. The van der Waals surface area contributed by atoms with E-state index in [0.717, 1.165) is 29.4 Å². The molecule has 0 saturated carbocycles. The third-order valence-electron chi connectivity index (χ3n) is 5.98. The third-order valence-corrected chi connectivity index (χ3v) is 5.98. The quantitative estimate of drug-likeness (QED) is 0.628. The molecule has 1 fully saturated rings. The van der Waals surface area contributed by atoms with Crippen molar-refractivity contribution in [3.05, 3.63) is 58.3 Å². The molecule has 7 heteroatoms. The van der Waals surface area contributed by atoms with E-state index in [-0.39, 0.29) is 23.6 Å². The first kappa shape index (κ1) is 21.2. The highest BCUT2D eigenvalue weighted by Gasteiger charge is 2.32. The van der Waals surface area contributed by atoms with Crippen LogP contribution in [0.5, 0.6) is 5.75 Å². The fourth-order valence-corrected chi connectivity index (χ4v) is 4.54. The Balaban J connectivity index is 1.70. The number of carbonyl (C=O) groups is 1. The monoisotopic (exact) mass is 422 g/mol. The van der Waals surface area contributed by atoms with Gasteiger partial charge in [0.05, 0.1) is 12.2 Å². The van der Waals surface area contributed by atoms with E-state index in [1.54, 1.807) is 11.6 Å². The third kappa shape index (κ3) is 3.84. The van der Waals surface area contributed by atoms with Gasteiger partial charge in [0.2, 0.25) is 0 Å². The fourth-order valence-electron chi connectivity index (χ4n) is 4.54. The van der Waals surface area contributed by atoms with Crippen LogP contribution in [0.2, 0.25) is 0 Å². The van der Waals surface area contributed by atoms with Gasteiger partial charge in [-0.15, -0.1) is 0 Å². The second-order valence-electron chi connectivity index (χ2n) is 8.41. The van der Waals surface area contributed by atoms with Crippen LogP contribution in [0, 0.1) is 0 Å². The molecule has 1 aromatic heterocycles. The van der Waals surface area contributed by atoms with Crippen molar-refractivity contribution < 1.29 is 9.53 Å². The van der Waals surface area contributed by atoms with Crippen LogP contribution in [0.15, 0.2) is 41.2 Å². The summed E-state index contributed by atoms with van der Waals surface area (Å²) in [4.78, 5) is 28.2. The molecule has 2 heterocycles. The highest BCUT2D eigenvalue weighted by molar-refractivity contribution is 6.09. The normalized spacial score (nSPS) is 16.8. The Morgan fingerprint density at radius 2 is 2.00 bits per heavy atom. The fraction of sp³-hybridized carbons (Fsp3) is 0.458. The number of hydrogen-bond acceptors (Lipinski definition) is 4. The Kier molecular flexibility index (Phi) is 5.85. The second-order valence-corrected chi connectivity index (χ2v) is 8.41. The summed E-state index contributed by atoms with van der Waals surface area (Å²) in [6.07, 6.45) is 1.77. The van der Waals surface area contributed by atoms with Crippen molar-refractivity contribution in [2.45, 2.75) is 45.6 Å². The number of fused-ring (bicyclic) bond motifs is 1. The van der Waals surface area contributed by atoms with Gasteiger partial charge < -0.3 is 9.64 Å². The number of benzene rings is 2. The molecule has 1 amide bonds. The summed E-state index contributed by atoms with van der Waals surface area (Å²) in [6.45, 7) is 7.62. The molecule has 7 nitrogen and oxygen atoms in total. The molecule has 0 radical (unpaired) electrons. The van der Waals surface area contributed by atoms with Gasteiger partial charge in [-0.2, -0.15) is 5.10 Å². The minimum Gasteiger partial charge on any atom is -0.493 e. The van der Waals surface area contributed by atoms with Gasteiger partial charge in [0.25, 0.3) is 5.91 Å². The summed E-state index contributed by atoms with van der Waals surface area (Å²) in [5.41, 5.74) is 0.504. The van der Waals surface area contributed by atoms with Crippen LogP contribution in [-0.2, 0) is 7.05 Å². The van der Waals surface area contributed by atoms with Gasteiger partial charge in [-0.3, -0.25) is 9.36 Å². The summed E-state index contributed by atoms with van der Waals surface area (Å²) < 4.78 is 8.98. The van der Waals surface area contributed by atoms with Crippen molar-refractivity contribution in [3.8, 4) is 5.75 Å². The average Bonchev–Trinajstić information content (AvgIpc) is 3.08. The van der Waals surface area contributed by atoms with Gasteiger partial charge in [0, 0.05) is 32.1 Å². The SMILES string of the molecule is CCOc1ccc2ccccc2c1C(=O)N1CCCC(c2nn(C)c(=O)n2C(C)C)C1. The zero-order valence-electron chi connectivity index (χ0n) is 18.7. The lowest BCUT2D eigenvalue weighted by atomic mass is 9.95. The van der Waals surface area contributed by atoms with Crippen LogP contribution in [0.3, 0.4) is 0 Å². The molecule has 1 saturated heterocycles. The van der Waals surface area contributed by atoms with Crippen LogP contribution in [0.1, 0.15) is 61.8 Å². The molecule has 164 valence electrons. The number of piperidine rings is 1. The molecule has 0 spiro atoms. The number of aryl methyl sites for hydroxylation is 1. The predicted molar refractivity (Wildman–Crippen MR) is 121 cm³/mol. The van der Waals surface area contributed by atoms with E-state index in [2.05, 4.69) is 5.10 Å². The van der Waals surface area contributed by atoms with E-state index < -0.39 is 0 Å². The molecule has 4 rings (SSSR count). The minimum absolute atomic E-state index is 0.0184. The van der Waals surface area contributed by atoms with Crippen LogP contribution >= 0.6 is 0 Å². The molecular formula is C24H30N4O3. The molecule has 3 aromatic rings. The Hall–Kier alpha value is -3.09. The number of aromatic nitrogens is 3. The first-order valence-electron chi connectivity index (χ1n) is 11.0. The standard InChI is InChI=1S/C24H30N4O3/c1-5-31-20-13-12-17-9-6-7-11-19(17)21(20)23(29)27-14-8-10-18(15-27)22-25-26(4)24(30)28(22)16(2)3/h6-7,9,11-13,16,18H,5,8,10,14-15H2,1-4H3. The van der Waals surface area contributed by atoms with Gasteiger partial charge in [0.1, 0.15) is 11.6 Å². The average molecular weight is 423 g/mol. The number of rotatable bonds is 5. The molecule has 1 aliphatic rings. The van der Waals surface area contributed by atoms with Gasteiger partial charge in [-0.05, 0) is 50.5 Å². The van der Waals surface area contributed by atoms with Gasteiger partial charge in [-0.25, -0.2) is 9.48 Å². The van der Waals surface area contributed by atoms with E-state index in [1.165, 1.54) is 4.68 Å². The Bertz CT molecular complexity index is 1160. The van der Waals surface area contributed by atoms with Crippen molar-refractivity contribution in [2.24, 2.45) is 7.05 Å². The van der Waals surface area contributed by atoms with Gasteiger partial charge in [-0.1, -0.05) is 30.3 Å². The van der Waals surface area contributed by atoms with Crippen molar-refractivity contribution in [1.82, 2.24) is 19.2 Å². The van der Waals surface area contributed by atoms with E-state index >= 15 is 0 Å². The maximum Gasteiger partial charge on any atom is 0.345 e. The number of carbonyl (C=O) groups excluding carboxylic acids is 1. The maximum atomic E-state index is 13.7. The van der Waals surface area contributed by atoms with Crippen molar-refractivity contribution in [2.75, 3.05) is 19.7 Å². The lowest BCUT2D eigenvalue weighted by molar-refractivity contribution is 0.0701. The largest absolute Gasteiger partial charge is 0.493 e. The minimum atomic E-state index is -0.110. The summed E-state index contributed by atoms with van der Waals surface area (Å²) in [6, 6.07) is 11.8. The maximum absolute atomic E-state index is 13.7. The molecular weight excluding hydrogens is 392 g/mol. The van der Waals surface area contributed by atoms with Crippen LogP contribution in [-0.4, -0.2) is 44.9 Å². The summed E-state index contributed by atoms with van der Waals surface area (Å²) in [5, 5.41) is 6.44. The number of nitrogens with zero attached hydrogens (tertiary/aromatic N) is 4. The number of amides is 1. The van der Waals surface area contributed by atoms with Crippen LogP contribution < -0.4 is 10.4 Å². The zero-order chi connectivity index (χ0) is 22.1. The molecule has 0 N–H and O–H groups in total. The van der Waals surface area contributed by atoms with Crippen molar-refractivity contribution in [1.29, 1.82) is 0 Å². The lowest BCUT2D eigenvalue weighted by Gasteiger charge is -2.33. The Labute approximate surface area is 182 Å². The zero-order valence-corrected chi connectivity index (χ0v) is 18.7. The molecule has 1 unspecified atom stereocenters. The van der Waals surface area contributed by atoms with E-state index in [1.807, 2.05) is 62.1 Å². The Morgan fingerprint density at radius 3 is 2.74 bits per heavy atom. The number of likely N-dealkylation sites (tertiary alicyclic amines) is 1. The van der Waals surface area contributed by atoms with Gasteiger partial charge >= 0.3 is 5.69 Å².